The molecule has 4 rings (SSSR count). The molecule has 0 saturated heterocycles. The summed E-state index contributed by atoms with van der Waals surface area (Å²) in [7, 11) is 0. The standard InChI is InChI=1S/C21H19ClN2O3/c22-17-12-14(9-10-19(17)27-15-6-2-3-7-15)23-21(26)18-11-13-5-1-4-8-16(13)20(25)24-18/h1,4-5,8-12,15H,2-3,6-7H2,(H,23,26)(H,24,25). The molecule has 1 fully saturated rings. The molecule has 1 aromatic heterocycles. The van der Waals surface area contributed by atoms with Gasteiger partial charge in [-0.1, -0.05) is 29.8 Å². The maximum Gasteiger partial charge on any atom is 0.272 e. The molecule has 5 nitrogen and oxygen atoms in total. The maximum absolute atomic E-state index is 12.5. The quantitative estimate of drug-likeness (QED) is 0.683. The number of aromatic nitrogens is 1. The summed E-state index contributed by atoms with van der Waals surface area (Å²) < 4.78 is 5.92. The van der Waals surface area contributed by atoms with Crippen molar-refractivity contribution in [3.63, 3.8) is 0 Å². The summed E-state index contributed by atoms with van der Waals surface area (Å²) in [6.07, 6.45) is 4.67. The highest BCUT2D eigenvalue weighted by Gasteiger charge is 2.18. The lowest BCUT2D eigenvalue weighted by Gasteiger charge is -2.15. The molecule has 0 unspecified atom stereocenters. The number of carbonyl (C=O) groups excluding carboxylic acids is 1. The van der Waals surface area contributed by atoms with Gasteiger partial charge in [-0.15, -0.1) is 0 Å². The number of hydrogen-bond acceptors (Lipinski definition) is 3. The van der Waals surface area contributed by atoms with Crippen molar-refractivity contribution < 1.29 is 9.53 Å². The SMILES string of the molecule is O=C(Nc1ccc(OC2CCCC2)c(Cl)c1)c1cc2ccccc2c(=O)[nH]1. The molecule has 1 heterocycles. The topological polar surface area (TPSA) is 71.2 Å². The van der Waals surface area contributed by atoms with Gasteiger partial charge in [-0.25, -0.2) is 0 Å². The Morgan fingerprint density at radius 3 is 2.67 bits per heavy atom. The molecule has 1 amide bonds. The van der Waals surface area contributed by atoms with Crippen LogP contribution in [0.4, 0.5) is 5.69 Å². The number of carbonyl (C=O) groups is 1. The Morgan fingerprint density at radius 1 is 1.11 bits per heavy atom. The normalized spacial score (nSPS) is 14.4. The molecule has 27 heavy (non-hydrogen) atoms. The number of anilines is 1. The van der Waals surface area contributed by atoms with Crippen molar-refractivity contribution in [3.8, 4) is 5.75 Å². The molecule has 2 N–H and O–H groups in total. The average molecular weight is 383 g/mol. The highest BCUT2D eigenvalue weighted by molar-refractivity contribution is 6.32. The Labute approximate surface area is 161 Å². The van der Waals surface area contributed by atoms with Crippen molar-refractivity contribution in [3.05, 3.63) is 69.6 Å². The van der Waals surface area contributed by atoms with Crippen molar-refractivity contribution in [1.29, 1.82) is 0 Å². The number of H-pyrrole nitrogens is 1. The van der Waals surface area contributed by atoms with Gasteiger partial charge in [0.25, 0.3) is 11.5 Å². The maximum atomic E-state index is 12.5. The molecule has 138 valence electrons. The zero-order valence-electron chi connectivity index (χ0n) is 14.6. The summed E-state index contributed by atoms with van der Waals surface area (Å²) in [6.45, 7) is 0. The van der Waals surface area contributed by atoms with E-state index in [4.69, 9.17) is 16.3 Å². The van der Waals surface area contributed by atoms with Gasteiger partial charge in [-0.2, -0.15) is 0 Å². The Kier molecular flexibility index (Phi) is 4.86. The Hall–Kier alpha value is -2.79. The fourth-order valence-electron chi connectivity index (χ4n) is 3.39. The number of nitrogens with one attached hydrogen (secondary N) is 2. The first-order chi connectivity index (χ1) is 13.1. The summed E-state index contributed by atoms with van der Waals surface area (Å²) >= 11 is 6.31. The zero-order chi connectivity index (χ0) is 18.8. The zero-order valence-corrected chi connectivity index (χ0v) is 15.4. The molecule has 0 spiro atoms. The second kappa shape index (κ2) is 7.45. The minimum absolute atomic E-state index is 0.195. The number of aromatic amines is 1. The number of halogens is 1. The molecular formula is C21H19ClN2O3. The van der Waals surface area contributed by atoms with Crippen molar-refractivity contribution in [2.75, 3.05) is 5.32 Å². The first kappa shape index (κ1) is 17.6. The minimum Gasteiger partial charge on any atom is -0.489 e. The fourth-order valence-corrected chi connectivity index (χ4v) is 3.62. The van der Waals surface area contributed by atoms with Gasteiger partial charge in [0.05, 0.1) is 11.1 Å². The molecule has 6 heteroatoms. The second-order valence-electron chi connectivity index (χ2n) is 6.72. The van der Waals surface area contributed by atoms with Crippen LogP contribution in [0.3, 0.4) is 0 Å². The summed E-state index contributed by atoms with van der Waals surface area (Å²) in [6, 6.07) is 14.0. The van der Waals surface area contributed by atoms with E-state index in [1.54, 1.807) is 42.5 Å². The van der Waals surface area contributed by atoms with Crippen LogP contribution in [0.2, 0.25) is 5.02 Å². The number of benzene rings is 2. The van der Waals surface area contributed by atoms with E-state index in [-0.39, 0.29) is 17.4 Å². The number of pyridine rings is 1. The van der Waals surface area contributed by atoms with Crippen molar-refractivity contribution >= 4 is 34.0 Å². The molecule has 3 aromatic rings. The van der Waals surface area contributed by atoms with Gasteiger partial charge in [0, 0.05) is 11.1 Å². The smallest absolute Gasteiger partial charge is 0.272 e. The van der Waals surface area contributed by atoms with Gasteiger partial charge in [0.2, 0.25) is 0 Å². The average Bonchev–Trinajstić information content (AvgIpc) is 3.17. The number of fused-ring (bicyclic) bond motifs is 1. The lowest BCUT2D eigenvalue weighted by Crippen LogP contribution is -2.19. The van der Waals surface area contributed by atoms with Crippen molar-refractivity contribution in [2.45, 2.75) is 31.8 Å². The van der Waals surface area contributed by atoms with Crippen LogP contribution in [0, 0.1) is 0 Å². The Bertz CT molecular complexity index is 1050. The van der Waals surface area contributed by atoms with Gasteiger partial charge in [-0.05, 0) is 61.4 Å². The van der Waals surface area contributed by atoms with E-state index < -0.39 is 5.91 Å². The number of rotatable bonds is 4. The highest BCUT2D eigenvalue weighted by Crippen LogP contribution is 2.31. The third kappa shape index (κ3) is 3.83. The monoisotopic (exact) mass is 382 g/mol. The summed E-state index contributed by atoms with van der Waals surface area (Å²) in [5, 5.41) is 4.47. The molecule has 0 bridgehead atoms. The molecule has 0 radical (unpaired) electrons. The van der Waals surface area contributed by atoms with Crippen LogP contribution in [-0.4, -0.2) is 17.0 Å². The molecule has 1 saturated carbocycles. The van der Waals surface area contributed by atoms with Crippen LogP contribution in [0.25, 0.3) is 10.8 Å². The number of hydrogen-bond donors (Lipinski definition) is 2. The van der Waals surface area contributed by atoms with Crippen LogP contribution in [0.5, 0.6) is 5.75 Å². The lowest BCUT2D eigenvalue weighted by molar-refractivity contribution is 0.102. The molecule has 0 atom stereocenters. The van der Waals surface area contributed by atoms with Gasteiger partial charge in [0.15, 0.2) is 0 Å². The van der Waals surface area contributed by atoms with Crippen LogP contribution < -0.4 is 15.6 Å². The predicted octanol–water partition coefficient (Wildman–Crippen LogP) is 4.76. The van der Waals surface area contributed by atoms with Crippen LogP contribution in [0.1, 0.15) is 36.2 Å². The molecular weight excluding hydrogens is 364 g/mol. The van der Waals surface area contributed by atoms with E-state index in [1.165, 1.54) is 12.8 Å². The van der Waals surface area contributed by atoms with Crippen molar-refractivity contribution in [1.82, 2.24) is 4.98 Å². The summed E-state index contributed by atoms with van der Waals surface area (Å²) in [5.41, 5.74) is 0.440. The van der Waals surface area contributed by atoms with Gasteiger partial charge < -0.3 is 15.0 Å². The summed E-state index contributed by atoms with van der Waals surface area (Å²) in [4.78, 5) is 27.3. The van der Waals surface area contributed by atoms with Crippen LogP contribution in [0.15, 0.2) is 53.3 Å². The minimum atomic E-state index is -0.404. The van der Waals surface area contributed by atoms with Crippen LogP contribution >= 0.6 is 11.6 Å². The van der Waals surface area contributed by atoms with Crippen molar-refractivity contribution in [2.24, 2.45) is 0 Å². The van der Waals surface area contributed by atoms with Gasteiger partial charge in [-0.3, -0.25) is 9.59 Å². The first-order valence-corrected chi connectivity index (χ1v) is 9.37. The lowest BCUT2D eigenvalue weighted by atomic mass is 10.1. The third-order valence-corrected chi connectivity index (χ3v) is 5.08. The fraction of sp³-hybridized carbons (Fsp3) is 0.238. The van der Waals surface area contributed by atoms with E-state index in [1.807, 2.05) is 6.07 Å². The largest absolute Gasteiger partial charge is 0.489 e. The summed E-state index contributed by atoms with van der Waals surface area (Å²) in [5.74, 6) is 0.221. The van der Waals surface area contributed by atoms with E-state index in [0.29, 0.717) is 27.2 Å². The molecule has 1 aliphatic rings. The second-order valence-corrected chi connectivity index (χ2v) is 7.13. The van der Waals surface area contributed by atoms with Gasteiger partial charge in [0.1, 0.15) is 11.4 Å². The van der Waals surface area contributed by atoms with E-state index >= 15 is 0 Å². The molecule has 1 aliphatic carbocycles. The van der Waals surface area contributed by atoms with Crippen LogP contribution in [-0.2, 0) is 0 Å². The number of amides is 1. The van der Waals surface area contributed by atoms with E-state index in [9.17, 15) is 9.59 Å². The molecule has 2 aromatic carbocycles. The number of ether oxygens (including phenoxy) is 1. The highest BCUT2D eigenvalue weighted by atomic mass is 35.5. The first-order valence-electron chi connectivity index (χ1n) is 9.00. The Balaban J connectivity index is 1.52. The third-order valence-electron chi connectivity index (χ3n) is 4.78. The van der Waals surface area contributed by atoms with Gasteiger partial charge >= 0.3 is 0 Å². The van der Waals surface area contributed by atoms with E-state index in [2.05, 4.69) is 10.3 Å². The van der Waals surface area contributed by atoms with E-state index in [0.717, 1.165) is 12.8 Å². The molecule has 0 aliphatic heterocycles. The predicted molar refractivity (Wildman–Crippen MR) is 107 cm³/mol. The Morgan fingerprint density at radius 2 is 1.89 bits per heavy atom.